The number of rotatable bonds is 1. The molecule has 1 N–H and O–H groups in total. The van der Waals surface area contributed by atoms with Crippen molar-refractivity contribution in [2.24, 2.45) is 0 Å². The van der Waals surface area contributed by atoms with Crippen molar-refractivity contribution in [3.05, 3.63) is 17.6 Å². The molecule has 0 saturated carbocycles. The molecule has 42 valence electrons. The van der Waals surface area contributed by atoms with E-state index in [0.29, 0.717) is 0 Å². The quantitative estimate of drug-likeness (QED) is 0.584. The first kappa shape index (κ1) is 5.24. The van der Waals surface area contributed by atoms with Crippen LogP contribution in [0, 0.1) is 0 Å². The summed E-state index contributed by atoms with van der Waals surface area (Å²) >= 11 is 0. The minimum Gasteiger partial charge on any atom is -0.435 e. The van der Waals surface area contributed by atoms with Gasteiger partial charge in [0.1, 0.15) is 0 Å². The highest BCUT2D eigenvalue weighted by Crippen LogP contribution is 2.10. The molecule has 0 fully saturated rings. The summed E-state index contributed by atoms with van der Waals surface area (Å²) in [7, 11) is -0.873. The number of hydrogen-bond donors (Lipinski definition) is 1. The fourth-order valence-corrected chi connectivity index (χ4v) is 1.05. The molecular weight excluding hydrogens is 126 g/mol. The number of aromatic nitrogens is 1. The molecule has 1 atom stereocenters. The Balaban J connectivity index is 2.93. The van der Waals surface area contributed by atoms with Crippen LogP contribution in [-0.4, -0.2) is 14.8 Å². The van der Waals surface area contributed by atoms with Crippen molar-refractivity contribution in [1.29, 1.82) is 0 Å². The summed E-state index contributed by atoms with van der Waals surface area (Å²) in [4.78, 5) is 10.0. The van der Waals surface area contributed by atoms with Crippen molar-refractivity contribution in [2.45, 2.75) is 0 Å². The van der Waals surface area contributed by atoms with E-state index in [2.05, 4.69) is 4.37 Å². The van der Waals surface area contributed by atoms with E-state index in [4.69, 9.17) is 5.11 Å². The average Bonchev–Trinajstić information content (AvgIpc) is 2.12. The monoisotopic (exact) mass is 130 g/mol. The Morgan fingerprint density at radius 1 is 1.75 bits per heavy atom. The largest absolute Gasteiger partial charge is 0.576 e. The van der Waals surface area contributed by atoms with Gasteiger partial charge in [0.25, 0.3) is 0 Å². The molecule has 1 aromatic heterocycles. The van der Waals surface area contributed by atoms with Gasteiger partial charge in [-0.1, -0.05) is 0 Å². The van der Waals surface area contributed by atoms with Gasteiger partial charge in [-0.25, -0.2) is 0 Å². The molecule has 4 heteroatoms. The molecule has 1 unspecified atom stereocenters. The first-order chi connectivity index (χ1) is 3.80. The third-order valence-corrected chi connectivity index (χ3v) is 1.77. The molecule has 0 aliphatic rings. The Bertz CT molecular complexity index is 182. The average molecular weight is 130 g/mol. The molecule has 1 rings (SSSR count). The van der Waals surface area contributed by atoms with Gasteiger partial charge in [-0.15, -0.1) is 0 Å². The van der Waals surface area contributed by atoms with Crippen LogP contribution < -0.4 is 0 Å². The zero-order valence-corrected chi connectivity index (χ0v) is 4.76. The lowest BCUT2D eigenvalue weighted by Crippen LogP contribution is -1.81. The number of carbonyl (C=O) groups is 1. The lowest BCUT2D eigenvalue weighted by atomic mass is 10.8. The van der Waals surface area contributed by atoms with Crippen molar-refractivity contribution >= 4 is 16.0 Å². The predicted octanol–water partition coefficient (Wildman–Crippen LogP) is 1.36. The Morgan fingerprint density at radius 2 is 2.50 bits per heavy atom. The highest BCUT2D eigenvalue weighted by atomic mass is 32.2. The molecule has 1 aromatic rings. The van der Waals surface area contributed by atoms with Gasteiger partial charge >= 0.3 is 5.30 Å². The van der Waals surface area contributed by atoms with Crippen LogP contribution in [0.1, 0.15) is 0 Å². The van der Waals surface area contributed by atoms with E-state index in [1.54, 1.807) is 11.4 Å². The number of carboxylic acid groups (broad SMARTS) is 1. The fourth-order valence-electron chi connectivity index (χ4n) is 0.349. The molecule has 3 nitrogen and oxygen atoms in total. The second kappa shape index (κ2) is 1.92. The van der Waals surface area contributed by atoms with Crippen LogP contribution in [-0.2, 0) is 0 Å². The van der Waals surface area contributed by atoms with E-state index in [1.165, 1.54) is 6.20 Å². The van der Waals surface area contributed by atoms with Crippen molar-refractivity contribution in [3.8, 4) is 0 Å². The van der Waals surface area contributed by atoms with Gasteiger partial charge in [0.2, 0.25) is 10.7 Å². The van der Waals surface area contributed by atoms with Crippen molar-refractivity contribution < 1.29 is 9.90 Å². The second-order valence-electron chi connectivity index (χ2n) is 1.16. The van der Waals surface area contributed by atoms with Gasteiger partial charge in [0.15, 0.2) is 5.38 Å². The van der Waals surface area contributed by atoms with Crippen LogP contribution in [0.5, 0.6) is 0 Å². The summed E-state index contributed by atoms with van der Waals surface area (Å²) < 4.78 is 3.63. The third-order valence-electron chi connectivity index (χ3n) is 0.647. The Morgan fingerprint density at radius 3 is 2.75 bits per heavy atom. The minimum atomic E-state index is -0.873. The van der Waals surface area contributed by atoms with E-state index >= 15 is 0 Å². The molecule has 8 heavy (non-hydrogen) atoms. The predicted molar refractivity (Wildman–Crippen MR) is 30.1 cm³/mol. The van der Waals surface area contributed by atoms with Gasteiger partial charge in [0.05, 0.1) is 6.20 Å². The van der Waals surface area contributed by atoms with Gasteiger partial charge in [0, 0.05) is 6.07 Å². The Kier molecular flexibility index (Phi) is 1.26. The zero-order chi connectivity index (χ0) is 5.98. The van der Waals surface area contributed by atoms with Gasteiger partial charge in [-0.2, -0.15) is 4.79 Å². The van der Waals surface area contributed by atoms with E-state index in [1.807, 2.05) is 0 Å². The van der Waals surface area contributed by atoms with Gasteiger partial charge in [-0.05, 0) is 4.37 Å². The van der Waals surface area contributed by atoms with E-state index in [9.17, 15) is 4.79 Å². The second-order valence-corrected chi connectivity index (χ2v) is 2.62. The standard InChI is InChI=1S/C4H3NO2S/c6-4(7)8-3-1-2-5-8/h1-3H/p+1. The first-order valence-electron chi connectivity index (χ1n) is 1.97. The van der Waals surface area contributed by atoms with Crippen LogP contribution in [0.2, 0.25) is 0 Å². The zero-order valence-electron chi connectivity index (χ0n) is 3.94. The molecule has 0 aliphatic carbocycles. The van der Waals surface area contributed by atoms with Crippen LogP contribution in [0.4, 0.5) is 4.79 Å². The maximum atomic E-state index is 10.0. The minimum absolute atomic E-state index is 0.866. The SMILES string of the molecule is O=C(O)[s+]1cccn1. The van der Waals surface area contributed by atoms with Crippen LogP contribution in [0.15, 0.2) is 17.6 Å². The topological polar surface area (TPSA) is 50.2 Å². The fraction of sp³-hybridized carbons (Fsp3) is 0. The van der Waals surface area contributed by atoms with Crippen LogP contribution in [0.3, 0.4) is 0 Å². The summed E-state index contributed by atoms with van der Waals surface area (Å²) in [6.45, 7) is 0. The van der Waals surface area contributed by atoms with E-state index in [0.717, 1.165) is 0 Å². The maximum absolute atomic E-state index is 10.0. The normalized spacial score (nSPS) is 11.2. The number of hydrogen-bond acceptors (Lipinski definition) is 2. The molecule has 0 radical (unpaired) electrons. The molecule has 1 heterocycles. The smallest absolute Gasteiger partial charge is 0.435 e. The summed E-state index contributed by atoms with van der Waals surface area (Å²) in [6, 6.07) is 1.64. The number of nitrogens with zero attached hydrogens (tertiary/aromatic N) is 1. The Hall–Kier alpha value is -0.900. The lowest BCUT2D eigenvalue weighted by molar-refractivity contribution is 0.221. The summed E-state index contributed by atoms with van der Waals surface area (Å²) in [6.07, 6.45) is 1.50. The van der Waals surface area contributed by atoms with Gasteiger partial charge < -0.3 is 5.11 Å². The first-order valence-corrected chi connectivity index (χ1v) is 3.22. The maximum Gasteiger partial charge on any atom is 0.576 e. The molecule has 0 aromatic carbocycles. The molecule has 0 amide bonds. The molecule has 0 spiro atoms. The van der Waals surface area contributed by atoms with Crippen molar-refractivity contribution in [1.82, 2.24) is 4.37 Å². The van der Waals surface area contributed by atoms with Crippen LogP contribution >= 0.6 is 10.7 Å². The summed E-state index contributed by atoms with van der Waals surface area (Å²) in [5.74, 6) is 0. The Labute approximate surface area is 48.7 Å². The highest BCUT2D eigenvalue weighted by Gasteiger charge is 2.14. The third kappa shape index (κ3) is 0.840. The highest BCUT2D eigenvalue weighted by molar-refractivity contribution is 7.45. The van der Waals surface area contributed by atoms with E-state index in [-0.39, 0.29) is 0 Å². The lowest BCUT2D eigenvalue weighted by Gasteiger charge is -1.65. The molecule has 0 bridgehead atoms. The summed E-state index contributed by atoms with van der Waals surface area (Å²) in [5.41, 5.74) is 0. The van der Waals surface area contributed by atoms with Gasteiger partial charge in [-0.3, -0.25) is 0 Å². The van der Waals surface area contributed by atoms with Crippen molar-refractivity contribution in [2.75, 3.05) is 0 Å². The van der Waals surface area contributed by atoms with Crippen molar-refractivity contribution in [3.63, 3.8) is 0 Å². The van der Waals surface area contributed by atoms with Crippen LogP contribution in [0.25, 0.3) is 0 Å². The summed E-state index contributed by atoms with van der Waals surface area (Å²) in [5, 5.41) is 8.95. The molecular formula is C4H4NO2S+. The van der Waals surface area contributed by atoms with E-state index < -0.39 is 16.0 Å². The molecule has 0 aliphatic heterocycles. The molecule has 0 saturated heterocycles.